The van der Waals surface area contributed by atoms with E-state index in [2.05, 4.69) is 50.9 Å². The van der Waals surface area contributed by atoms with E-state index in [1.807, 2.05) is 6.92 Å². The molecule has 0 unspecified atom stereocenters. The summed E-state index contributed by atoms with van der Waals surface area (Å²) >= 11 is 0. The fourth-order valence-corrected chi connectivity index (χ4v) is 8.11. The average molecular weight is 636 g/mol. The largest absolute Gasteiger partial charge is 0.490 e. The Morgan fingerprint density at radius 3 is 2.30 bits per heavy atom. The van der Waals surface area contributed by atoms with E-state index in [0.717, 1.165) is 98.6 Å². The van der Waals surface area contributed by atoms with Crippen LogP contribution >= 0.6 is 0 Å². The molecule has 1 aromatic carbocycles. The molecule has 4 heterocycles. The number of benzene rings is 1. The van der Waals surface area contributed by atoms with E-state index >= 15 is 0 Å². The van der Waals surface area contributed by atoms with Crippen molar-refractivity contribution >= 4 is 22.7 Å². The highest BCUT2D eigenvalue weighted by molar-refractivity contribution is 5.93. The Balaban J connectivity index is 1.22. The topological polar surface area (TPSA) is 69.2 Å². The zero-order valence-electron chi connectivity index (χ0n) is 29.1. The fourth-order valence-electron chi connectivity index (χ4n) is 8.11. The molecule has 1 N–H and O–H groups in total. The molecule has 3 aliphatic heterocycles. The van der Waals surface area contributed by atoms with Crippen molar-refractivity contribution in [3.8, 4) is 11.5 Å². The van der Waals surface area contributed by atoms with Gasteiger partial charge in [-0.1, -0.05) is 25.7 Å². The molecule has 3 saturated heterocycles. The minimum Gasteiger partial charge on any atom is -0.490 e. The third kappa shape index (κ3) is 8.75. The molecular formula is C37H61N7O2. The Bertz CT molecular complexity index is 1220. The molecule has 2 aromatic rings. The van der Waals surface area contributed by atoms with Crippen LogP contribution in [-0.4, -0.2) is 115 Å². The van der Waals surface area contributed by atoms with Crippen LogP contribution in [0.5, 0.6) is 11.5 Å². The number of aromatic nitrogens is 2. The zero-order valence-corrected chi connectivity index (χ0v) is 29.1. The lowest BCUT2D eigenvalue weighted by Gasteiger charge is -2.39. The molecule has 1 aliphatic carbocycles. The summed E-state index contributed by atoms with van der Waals surface area (Å²) in [6.45, 7) is 17.9. The van der Waals surface area contributed by atoms with Gasteiger partial charge in [-0.2, -0.15) is 4.98 Å². The molecule has 0 spiro atoms. The first-order valence-corrected chi connectivity index (χ1v) is 18.9. The summed E-state index contributed by atoms with van der Waals surface area (Å²) in [6.07, 6.45) is 15.4. The second-order valence-corrected chi connectivity index (χ2v) is 14.4. The molecule has 0 atom stereocenters. The Morgan fingerprint density at radius 1 is 0.783 bits per heavy atom. The van der Waals surface area contributed by atoms with Crippen LogP contribution in [0.1, 0.15) is 97.8 Å². The second-order valence-electron chi connectivity index (χ2n) is 14.4. The summed E-state index contributed by atoms with van der Waals surface area (Å²) < 4.78 is 12.6. The fraction of sp³-hybridized carbons (Fsp3) is 0.784. The average Bonchev–Trinajstić information content (AvgIpc) is 3.35. The molecule has 0 radical (unpaired) electrons. The third-order valence-electron chi connectivity index (χ3n) is 10.9. The van der Waals surface area contributed by atoms with Gasteiger partial charge < -0.3 is 29.5 Å². The Morgan fingerprint density at radius 2 is 1.54 bits per heavy atom. The number of piperidine rings is 2. The van der Waals surface area contributed by atoms with E-state index in [9.17, 15) is 0 Å². The lowest BCUT2D eigenvalue weighted by atomic mass is 9.92. The SMILES string of the molecule is CCOc1cc2c(NC3CCN(C4CCCCC4)CC3)nc(N3CCCN(C(C)C)CC3)nc2cc1OCCCN1CCCCC1. The molecule has 0 bridgehead atoms. The van der Waals surface area contributed by atoms with Gasteiger partial charge in [0.2, 0.25) is 5.95 Å². The van der Waals surface area contributed by atoms with Crippen LogP contribution in [0.2, 0.25) is 0 Å². The minimum absolute atomic E-state index is 0.410. The predicted molar refractivity (Wildman–Crippen MR) is 190 cm³/mol. The van der Waals surface area contributed by atoms with Gasteiger partial charge in [0.25, 0.3) is 0 Å². The predicted octanol–water partition coefficient (Wildman–Crippen LogP) is 6.41. The lowest BCUT2D eigenvalue weighted by Crippen LogP contribution is -2.45. The summed E-state index contributed by atoms with van der Waals surface area (Å²) in [5.41, 5.74) is 0.937. The number of fused-ring (bicyclic) bond motifs is 1. The molecule has 1 aromatic heterocycles. The van der Waals surface area contributed by atoms with Crippen LogP contribution in [0.3, 0.4) is 0 Å². The van der Waals surface area contributed by atoms with Crippen molar-refractivity contribution < 1.29 is 9.47 Å². The van der Waals surface area contributed by atoms with E-state index in [4.69, 9.17) is 19.4 Å². The summed E-state index contributed by atoms with van der Waals surface area (Å²) in [5.74, 6) is 3.37. The Labute approximate surface area is 278 Å². The maximum absolute atomic E-state index is 6.44. The van der Waals surface area contributed by atoms with Crippen LogP contribution in [0.4, 0.5) is 11.8 Å². The summed E-state index contributed by atoms with van der Waals surface area (Å²) in [7, 11) is 0. The molecular weight excluding hydrogens is 574 g/mol. The maximum Gasteiger partial charge on any atom is 0.227 e. The quantitative estimate of drug-likeness (QED) is 0.267. The molecule has 256 valence electrons. The first-order chi connectivity index (χ1) is 22.6. The van der Waals surface area contributed by atoms with Crippen molar-refractivity contribution in [3.05, 3.63) is 12.1 Å². The molecule has 1 saturated carbocycles. The molecule has 0 amide bonds. The van der Waals surface area contributed by atoms with E-state index in [1.54, 1.807) is 0 Å². The smallest absolute Gasteiger partial charge is 0.227 e. The van der Waals surface area contributed by atoms with Crippen LogP contribution < -0.4 is 19.7 Å². The Kier molecular flexibility index (Phi) is 12.1. The standard InChI is InChI=1S/C37H61N7O2/c1-4-45-34-27-32-33(28-35(34)46-26-12-19-41-17-9-6-10-18-41)39-37(44-21-11-20-42(24-25-44)29(2)3)40-36(32)38-30-15-22-43(23-16-30)31-13-7-5-8-14-31/h27-31H,4-26H2,1-3H3,(H,38,39,40). The highest BCUT2D eigenvalue weighted by Crippen LogP contribution is 2.37. The van der Waals surface area contributed by atoms with Crippen molar-refractivity contribution in [2.45, 2.75) is 116 Å². The molecule has 46 heavy (non-hydrogen) atoms. The van der Waals surface area contributed by atoms with Crippen LogP contribution in [-0.2, 0) is 0 Å². The number of hydrogen-bond acceptors (Lipinski definition) is 9. The first-order valence-electron chi connectivity index (χ1n) is 18.9. The number of anilines is 2. The molecule has 9 heteroatoms. The Hall–Kier alpha value is -2.36. The number of ether oxygens (including phenoxy) is 2. The van der Waals surface area contributed by atoms with E-state index in [1.165, 1.54) is 77.5 Å². The molecule has 9 nitrogen and oxygen atoms in total. The number of likely N-dealkylation sites (tertiary alicyclic amines) is 2. The van der Waals surface area contributed by atoms with Gasteiger partial charge >= 0.3 is 0 Å². The van der Waals surface area contributed by atoms with Gasteiger partial charge in [-0.3, -0.25) is 4.90 Å². The minimum atomic E-state index is 0.410. The van der Waals surface area contributed by atoms with Crippen LogP contribution in [0, 0.1) is 0 Å². The summed E-state index contributed by atoms with van der Waals surface area (Å²) in [4.78, 5) is 20.8. The van der Waals surface area contributed by atoms with Gasteiger partial charge in [0.1, 0.15) is 5.82 Å². The third-order valence-corrected chi connectivity index (χ3v) is 10.9. The van der Waals surface area contributed by atoms with Gasteiger partial charge in [0.15, 0.2) is 11.5 Å². The maximum atomic E-state index is 6.44. The summed E-state index contributed by atoms with van der Waals surface area (Å²) in [6, 6.07) is 6.00. The van der Waals surface area contributed by atoms with Gasteiger partial charge in [0, 0.05) is 75.4 Å². The molecule has 4 fully saturated rings. The highest BCUT2D eigenvalue weighted by atomic mass is 16.5. The number of nitrogens with zero attached hydrogens (tertiary/aromatic N) is 6. The van der Waals surface area contributed by atoms with Crippen molar-refractivity contribution in [3.63, 3.8) is 0 Å². The van der Waals surface area contributed by atoms with Crippen molar-refractivity contribution in [2.75, 3.05) is 82.3 Å². The highest BCUT2D eigenvalue weighted by Gasteiger charge is 2.28. The van der Waals surface area contributed by atoms with Crippen molar-refractivity contribution in [2.24, 2.45) is 0 Å². The van der Waals surface area contributed by atoms with E-state index < -0.39 is 0 Å². The molecule has 4 aliphatic rings. The van der Waals surface area contributed by atoms with Gasteiger partial charge in [-0.25, -0.2) is 4.98 Å². The van der Waals surface area contributed by atoms with Gasteiger partial charge in [-0.15, -0.1) is 0 Å². The number of nitrogens with one attached hydrogen (secondary N) is 1. The number of hydrogen-bond donors (Lipinski definition) is 1. The van der Waals surface area contributed by atoms with E-state index in [0.29, 0.717) is 25.3 Å². The zero-order chi connectivity index (χ0) is 31.7. The normalized spacial score (nSPS) is 22.0. The molecule has 6 rings (SSSR count). The summed E-state index contributed by atoms with van der Waals surface area (Å²) in [5, 5.41) is 4.96. The van der Waals surface area contributed by atoms with Crippen LogP contribution in [0.15, 0.2) is 12.1 Å². The second kappa shape index (κ2) is 16.6. The van der Waals surface area contributed by atoms with Crippen LogP contribution in [0.25, 0.3) is 10.9 Å². The van der Waals surface area contributed by atoms with Gasteiger partial charge in [0.05, 0.1) is 18.7 Å². The van der Waals surface area contributed by atoms with Crippen molar-refractivity contribution in [1.82, 2.24) is 24.7 Å². The monoisotopic (exact) mass is 635 g/mol. The number of rotatable bonds is 12. The lowest BCUT2D eigenvalue weighted by molar-refractivity contribution is 0.126. The van der Waals surface area contributed by atoms with E-state index in [-0.39, 0.29) is 0 Å². The first kappa shape index (κ1) is 33.5. The van der Waals surface area contributed by atoms with Crippen molar-refractivity contribution in [1.29, 1.82) is 0 Å². The van der Waals surface area contributed by atoms with Gasteiger partial charge in [-0.05, 0) is 91.3 Å².